The van der Waals surface area contributed by atoms with Crippen molar-refractivity contribution in [2.24, 2.45) is 0 Å². The first-order valence-electron chi connectivity index (χ1n) is 16.1. The smallest absolute Gasteiger partial charge is 0.337 e. The molecular formula is C38H34N4O4. The number of nitrogens with one attached hydrogen (secondary N) is 1. The van der Waals surface area contributed by atoms with Gasteiger partial charge in [-0.1, -0.05) is 92.1 Å². The molecule has 230 valence electrons. The first kappa shape index (κ1) is 28.2. The largest absolute Gasteiger partial charge is 0.463 e. The third-order valence-corrected chi connectivity index (χ3v) is 9.83. The second-order valence-electron chi connectivity index (χ2n) is 12.3. The standard InChI is InChI=1S/C38H34N4O4/c1-3-46-36(44)31-33(24-15-7-4-8-16-24)41(25-17-9-5-10-18-25)37(45)38(31)29-23(2)40-42(26-19-11-6-12-20-26)35(29)39-32-27-21-13-14-22-28(27)34(43)30(32)38/h4,6-8,11-16,19-22,25,39H,3,5,9-10,17-18H2,1-2H3. The molecule has 1 spiro atoms. The summed E-state index contributed by atoms with van der Waals surface area (Å²) in [7, 11) is 0. The summed E-state index contributed by atoms with van der Waals surface area (Å²) in [6.45, 7) is 3.73. The molecule has 46 heavy (non-hydrogen) atoms. The maximum atomic E-state index is 15.8. The Hall–Kier alpha value is -5.24. The maximum absolute atomic E-state index is 15.8. The molecule has 3 heterocycles. The summed E-state index contributed by atoms with van der Waals surface area (Å²) < 4.78 is 7.62. The molecule has 0 saturated heterocycles. The van der Waals surface area contributed by atoms with Crippen LogP contribution in [0.4, 0.5) is 5.82 Å². The highest BCUT2D eigenvalue weighted by atomic mass is 16.5. The number of para-hydroxylation sites is 1. The van der Waals surface area contributed by atoms with Gasteiger partial charge in [-0.3, -0.25) is 9.59 Å². The second kappa shape index (κ2) is 10.7. The summed E-state index contributed by atoms with van der Waals surface area (Å²) in [5, 5.41) is 8.53. The minimum Gasteiger partial charge on any atom is -0.463 e. The molecule has 8 nitrogen and oxygen atoms in total. The monoisotopic (exact) mass is 610 g/mol. The van der Waals surface area contributed by atoms with Crippen molar-refractivity contribution in [1.29, 1.82) is 0 Å². The molecule has 0 bridgehead atoms. The zero-order valence-corrected chi connectivity index (χ0v) is 25.9. The summed E-state index contributed by atoms with van der Waals surface area (Å²) in [6.07, 6.45) is 4.67. The van der Waals surface area contributed by atoms with Gasteiger partial charge in [0.25, 0.3) is 0 Å². The van der Waals surface area contributed by atoms with Gasteiger partial charge in [-0.05, 0) is 44.4 Å². The Balaban J connectivity index is 1.53. The van der Waals surface area contributed by atoms with Gasteiger partial charge >= 0.3 is 5.97 Å². The third-order valence-electron chi connectivity index (χ3n) is 9.83. The number of ether oxygens (including phenoxy) is 1. The lowest BCUT2D eigenvalue weighted by Crippen LogP contribution is -2.50. The van der Waals surface area contributed by atoms with E-state index in [1.807, 2.05) is 90.7 Å². The highest BCUT2D eigenvalue weighted by Gasteiger charge is 2.67. The van der Waals surface area contributed by atoms with Crippen molar-refractivity contribution in [1.82, 2.24) is 14.7 Å². The Morgan fingerprint density at radius 1 is 0.913 bits per heavy atom. The molecule has 4 aliphatic rings. The van der Waals surface area contributed by atoms with Crippen LogP contribution in [0.3, 0.4) is 0 Å². The number of Topliss-reactive ketones (excluding diaryl/α,β-unsaturated/α-hetero) is 1. The molecule has 1 atom stereocenters. The summed E-state index contributed by atoms with van der Waals surface area (Å²) in [6, 6.07) is 26.5. The zero-order valence-electron chi connectivity index (χ0n) is 25.9. The van der Waals surface area contributed by atoms with Crippen LogP contribution in [0.25, 0.3) is 17.1 Å². The number of benzene rings is 3. The van der Waals surface area contributed by atoms with Crippen molar-refractivity contribution in [2.45, 2.75) is 57.4 Å². The third kappa shape index (κ3) is 3.79. The first-order valence-corrected chi connectivity index (χ1v) is 16.1. The molecule has 3 aromatic carbocycles. The summed E-state index contributed by atoms with van der Waals surface area (Å²) >= 11 is 0. The molecule has 1 N–H and O–H groups in total. The zero-order chi connectivity index (χ0) is 31.6. The molecule has 1 aromatic heterocycles. The highest BCUT2D eigenvalue weighted by Crippen LogP contribution is 2.61. The summed E-state index contributed by atoms with van der Waals surface area (Å²) in [5.74, 6) is -0.625. The lowest BCUT2D eigenvalue weighted by molar-refractivity contribution is -0.141. The van der Waals surface area contributed by atoms with Crippen LogP contribution < -0.4 is 5.32 Å². The average molecular weight is 611 g/mol. The number of hydrogen-bond donors (Lipinski definition) is 1. The molecule has 4 aromatic rings. The molecule has 1 unspecified atom stereocenters. The van der Waals surface area contributed by atoms with Crippen LogP contribution in [0.15, 0.2) is 96.1 Å². The van der Waals surface area contributed by atoms with Gasteiger partial charge < -0.3 is 15.0 Å². The normalized spacial score (nSPS) is 20.6. The molecule has 0 radical (unpaired) electrons. The predicted molar refractivity (Wildman–Crippen MR) is 175 cm³/mol. The van der Waals surface area contributed by atoms with E-state index in [4.69, 9.17) is 9.84 Å². The van der Waals surface area contributed by atoms with E-state index < -0.39 is 11.4 Å². The lowest BCUT2D eigenvalue weighted by Gasteiger charge is -2.38. The van der Waals surface area contributed by atoms with Crippen molar-refractivity contribution < 1.29 is 19.1 Å². The quantitative estimate of drug-likeness (QED) is 0.256. The predicted octanol–water partition coefficient (Wildman–Crippen LogP) is 6.60. The number of aryl methyl sites for hydroxylation is 1. The Morgan fingerprint density at radius 3 is 2.26 bits per heavy atom. The van der Waals surface area contributed by atoms with Gasteiger partial charge in [-0.2, -0.15) is 5.10 Å². The SMILES string of the molecule is CCOC(=O)C1=C(c2ccccc2)N(C2CCCCC2)C(=O)C12C1=C(Nc3c2c(C)nn3-c2ccccc2)c2ccccc2C1=O. The molecule has 1 fully saturated rings. The number of aromatic nitrogens is 2. The van der Waals surface area contributed by atoms with E-state index in [-0.39, 0.29) is 35.5 Å². The number of carbonyl (C=O) groups is 3. The number of fused-ring (bicyclic) bond motifs is 5. The fourth-order valence-corrected chi connectivity index (χ4v) is 8.03. The maximum Gasteiger partial charge on any atom is 0.337 e. The number of rotatable bonds is 5. The lowest BCUT2D eigenvalue weighted by atomic mass is 9.65. The van der Waals surface area contributed by atoms with Crippen molar-refractivity contribution in [2.75, 3.05) is 11.9 Å². The van der Waals surface area contributed by atoms with Crippen LogP contribution >= 0.6 is 0 Å². The van der Waals surface area contributed by atoms with Crippen molar-refractivity contribution in [3.8, 4) is 5.69 Å². The van der Waals surface area contributed by atoms with Crippen LogP contribution in [0.2, 0.25) is 0 Å². The van der Waals surface area contributed by atoms with E-state index >= 15 is 4.79 Å². The number of amides is 1. The van der Waals surface area contributed by atoms with E-state index in [0.717, 1.165) is 43.4 Å². The molecule has 8 heteroatoms. The Morgan fingerprint density at radius 2 is 1.57 bits per heavy atom. The molecule has 8 rings (SSSR count). The van der Waals surface area contributed by atoms with Crippen LogP contribution in [0.1, 0.15) is 71.8 Å². The van der Waals surface area contributed by atoms with E-state index in [2.05, 4.69) is 5.32 Å². The summed E-state index contributed by atoms with van der Waals surface area (Å²) in [4.78, 5) is 47.0. The van der Waals surface area contributed by atoms with Gasteiger partial charge in [0.1, 0.15) is 11.2 Å². The molecule has 1 amide bonds. The first-order chi connectivity index (χ1) is 22.5. The molecular weight excluding hydrogens is 576 g/mol. The minimum absolute atomic E-state index is 0.117. The molecule has 2 aliphatic carbocycles. The van der Waals surface area contributed by atoms with Gasteiger partial charge in [0, 0.05) is 28.3 Å². The molecule has 1 saturated carbocycles. The number of anilines is 1. The van der Waals surface area contributed by atoms with Gasteiger partial charge in [0.2, 0.25) is 5.91 Å². The van der Waals surface area contributed by atoms with E-state index in [9.17, 15) is 9.59 Å². The number of esters is 1. The number of carbonyl (C=O) groups excluding carboxylic acids is 3. The van der Waals surface area contributed by atoms with E-state index in [1.54, 1.807) is 17.7 Å². The van der Waals surface area contributed by atoms with Crippen molar-refractivity contribution in [3.63, 3.8) is 0 Å². The Labute approximate surface area is 267 Å². The second-order valence-corrected chi connectivity index (χ2v) is 12.3. The number of hydrogen-bond acceptors (Lipinski definition) is 6. The van der Waals surface area contributed by atoms with Gasteiger partial charge in [0.15, 0.2) is 5.78 Å². The highest BCUT2D eigenvalue weighted by molar-refractivity contribution is 6.32. The molecule has 2 aliphatic heterocycles. The van der Waals surface area contributed by atoms with Gasteiger partial charge in [0.05, 0.1) is 35.0 Å². The van der Waals surface area contributed by atoms with Crippen LogP contribution in [-0.4, -0.2) is 45.0 Å². The Kier molecular flexibility index (Phi) is 6.56. The van der Waals surface area contributed by atoms with Crippen molar-refractivity contribution in [3.05, 3.63) is 124 Å². The van der Waals surface area contributed by atoms with Gasteiger partial charge in [-0.25, -0.2) is 9.48 Å². The Bertz CT molecular complexity index is 1990. The fraction of sp³-hybridized carbons (Fsp3) is 0.263. The summed E-state index contributed by atoms with van der Waals surface area (Å²) in [5.41, 5.74) is 3.48. The number of nitrogens with zero attached hydrogens (tertiary/aromatic N) is 3. The van der Waals surface area contributed by atoms with E-state index in [0.29, 0.717) is 39.6 Å². The fourth-order valence-electron chi connectivity index (χ4n) is 8.03. The van der Waals surface area contributed by atoms with Crippen LogP contribution in [0.5, 0.6) is 0 Å². The number of ketones is 1. The van der Waals surface area contributed by atoms with Crippen LogP contribution in [-0.2, 0) is 19.7 Å². The average Bonchev–Trinajstić information content (AvgIpc) is 3.68. The van der Waals surface area contributed by atoms with Gasteiger partial charge in [-0.15, -0.1) is 0 Å². The van der Waals surface area contributed by atoms with Crippen LogP contribution in [0, 0.1) is 6.92 Å². The van der Waals surface area contributed by atoms with Crippen molar-refractivity contribution >= 4 is 34.9 Å². The minimum atomic E-state index is -1.78. The van der Waals surface area contributed by atoms with E-state index in [1.165, 1.54) is 0 Å². The topological polar surface area (TPSA) is 93.5 Å².